The van der Waals surface area contributed by atoms with Crippen molar-refractivity contribution in [3.63, 3.8) is 0 Å². The molecule has 3 aromatic rings. The average Bonchev–Trinajstić information content (AvgIpc) is 3.38. The Kier molecular flexibility index (Phi) is 5.48. The number of hydrogen-bond donors (Lipinski definition) is 1. The summed E-state index contributed by atoms with van der Waals surface area (Å²) in [6.45, 7) is 0.703. The van der Waals surface area contributed by atoms with Crippen molar-refractivity contribution in [1.82, 2.24) is 10.3 Å². The minimum Gasteiger partial charge on any atom is -0.347 e. The van der Waals surface area contributed by atoms with Gasteiger partial charge in [0.2, 0.25) is 11.8 Å². The van der Waals surface area contributed by atoms with Gasteiger partial charge >= 0.3 is 0 Å². The molecule has 0 saturated carbocycles. The van der Waals surface area contributed by atoms with E-state index in [2.05, 4.69) is 10.3 Å². The number of thiazole rings is 1. The van der Waals surface area contributed by atoms with Gasteiger partial charge in [-0.05, 0) is 24.5 Å². The molecule has 4 rings (SSSR count). The first-order valence-corrected chi connectivity index (χ1v) is 10.2. The number of para-hydroxylation sites is 1. The summed E-state index contributed by atoms with van der Waals surface area (Å²) in [5.74, 6) is -0.201. The number of nitrogens with zero attached hydrogens (tertiary/aromatic N) is 2. The number of carbonyl (C=O) groups excluding carboxylic acids is 2. The Morgan fingerprint density at radius 2 is 1.86 bits per heavy atom. The normalized spacial score (nSPS) is 12.6. The molecule has 5 nitrogen and oxygen atoms in total. The fourth-order valence-electron chi connectivity index (χ4n) is 3.33. The van der Waals surface area contributed by atoms with Gasteiger partial charge in [0.05, 0.1) is 12.2 Å². The smallest absolute Gasteiger partial charge is 0.246 e. The molecule has 6 heteroatoms. The molecular formula is C22H21N3O2S. The number of rotatable bonds is 6. The van der Waals surface area contributed by atoms with Gasteiger partial charge in [-0.15, -0.1) is 11.3 Å². The molecule has 2 heterocycles. The van der Waals surface area contributed by atoms with E-state index < -0.39 is 0 Å². The SMILES string of the molecule is O=C(CCc1csc(-c2ccccc2)n1)NCC(=O)N1CCc2ccccc21. The molecule has 2 aromatic carbocycles. The van der Waals surface area contributed by atoms with E-state index in [-0.39, 0.29) is 18.4 Å². The molecule has 0 bridgehead atoms. The molecule has 1 aromatic heterocycles. The molecule has 1 N–H and O–H groups in total. The number of hydrogen-bond acceptors (Lipinski definition) is 4. The molecule has 0 fully saturated rings. The number of benzene rings is 2. The van der Waals surface area contributed by atoms with E-state index in [0.29, 0.717) is 19.4 Å². The Balaban J connectivity index is 1.25. The summed E-state index contributed by atoms with van der Waals surface area (Å²) in [6.07, 6.45) is 1.75. The first-order valence-electron chi connectivity index (χ1n) is 9.35. The third-order valence-electron chi connectivity index (χ3n) is 4.81. The number of amides is 2. The van der Waals surface area contributed by atoms with Crippen LogP contribution in [0.1, 0.15) is 17.7 Å². The Morgan fingerprint density at radius 3 is 2.71 bits per heavy atom. The second-order valence-corrected chi connectivity index (χ2v) is 7.57. The minimum atomic E-state index is -0.130. The van der Waals surface area contributed by atoms with Crippen molar-refractivity contribution >= 4 is 28.8 Å². The molecule has 2 amide bonds. The second-order valence-electron chi connectivity index (χ2n) is 6.71. The lowest BCUT2D eigenvalue weighted by Crippen LogP contribution is -2.39. The molecule has 1 aliphatic heterocycles. The number of carbonyl (C=O) groups is 2. The van der Waals surface area contributed by atoms with E-state index in [9.17, 15) is 9.59 Å². The van der Waals surface area contributed by atoms with Crippen molar-refractivity contribution in [1.29, 1.82) is 0 Å². The van der Waals surface area contributed by atoms with Crippen molar-refractivity contribution in [2.45, 2.75) is 19.3 Å². The second kappa shape index (κ2) is 8.35. The molecule has 0 radical (unpaired) electrons. The van der Waals surface area contributed by atoms with Crippen LogP contribution in [-0.4, -0.2) is 29.9 Å². The first-order chi connectivity index (χ1) is 13.7. The van der Waals surface area contributed by atoms with Gasteiger partial charge in [-0.25, -0.2) is 4.98 Å². The maximum atomic E-state index is 12.4. The zero-order chi connectivity index (χ0) is 19.3. The van der Waals surface area contributed by atoms with Crippen molar-refractivity contribution in [3.8, 4) is 10.6 Å². The molecule has 0 saturated heterocycles. The Labute approximate surface area is 168 Å². The number of anilines is 1. The molecule has 0 spiro atoms. The molecule has 28 heavy (non-hydrogen) atoms. The molecule has 0 aliphatic carbocycles. The van der Waals surface area contributed by atoms with Crippen molar-refractivity contribution in [2.24, 2.45) is 0 Å². The topological polar surface area (TPSA) is 62.3 Å². The molecule has 1 aliphatic rings. The summed E-state index contributed by atoms with van der Waals surface area (Å²) in [4.78, 5) is 31.0. The van der Waals surface area contributed by atoms with E-state index in [1.54, 1.807) is 16.2 Å². The number of nitrogens with one attached hydrogen (secondary N) is 1. The van der Waals surface area contributed by atoms with Gasteiger partial charge < -0.3 is 10.2 Å². The summed E-state index contributed by atoms with van der Waals surface area (Å²) in [7, 11) is 0. The van der Waals surface area contributed by atoms with Gasteiger partial charge in [0.15, 0.2) is 0 Å². The van der Waals surface area contributed by atoms with E-state index in [4.69, 9.17) is 0 Å². The van der Waals surface area contributed by atoms with Crippen molar-refractivity contribution < 1.29 is 9.59 Å². The van der Waals surface area contributed by atoms with Crippen LogP contribution >= 0.6 is 11.3 Å². The van der Waals surface area contributed by atoms with Crippen LogP contribution < -0.4 is 10.2 Å². The summed E-state index contributed by atoms with van der Waals surface area (Å²) >= 11 is 1.58. The molecular weight excluding hydrogens is 370 g/mol. The third kappa shape index (κ3) is 4.12. The van der Waals surface area contributed by atoms with Gasteiger partial charge in [-0.3, -0.25) is 9.59 Å². The van der Waals surface area contributed by atoms with E-state index >= 15 is 0 Å². The van der Waals surface area contributed by atoms with Crippen LogP contribution in [0.4, 0.5) is 5.69 Å². The van der Waals surface area contributed by atoms with Crippen molar-refractivity contribution in [2.75, 3.05) is 18.0 Å². The van der Waals surface area contributed by atoms with E-state index in [0.717, 1.165) is 28.4 Å². The Morgan fingerprint density at radius 1 is 1.07 bits per heavy atom. The standard InChI is InChI=1S/C22H21N3O2S/c26-20(11-10-18-15-28-22(24-18)17-7-2-1-3-8-17)23-14-21(27)25-13-12-16-6-4-5-9-19(16)25/h1-9,15H,10-14H2,(H,23,26). The quantitative estimate of drug-likeness (QED) is 0.700. The first kappa shape index (κ1) is 18.4. The molecule has 0 unspecified atom stereocenters. The fourth-order valence-corrected chi connectivity index (χ4v) is 4.19. The van der Waals surface area contributed by atoms with Crippen LogP contribution in [0.25, 0.3) is 10.6 Å². The van der Waals surface area contributed by atoms with Crippen LogP contribution in [0.3, 0.4) is 0 Å². The van der Waals surface area contributed by atoms with Gasteiger partial charge in [0.1, 0.15) is 5.01 Å². The lowest BCUT2D eigenvalue weighted by molar-refractivity contribution is -0.124. The minimum absolute atomic E-state index is 0.0273. The summed E-state index contributed by atoms with van der Waals surface area (Å²) in [5.41, 5.74) is 4.12. The van der Waals surface area contributed by atoms with Gasteiger partial charge in [-0.2, -0.15) is 0 Å². The van der Waals surface area contributed by atoms with E-state index in [1.165, 1.54) is 5.56 Å². The highest BCUT2D eigenvalue weighted by Crippen LogP contribution is 2.27. The number of aromatic nitrogens is 1. The Hall–Kier alpha value is -2.99. The predicted molar refractivity (Wildman–Crippen MR) is 111 cm³/mol. The van der Waals surface area contributed by atoms with Crippen LogP contribution in [-0.2, 0) is 22.4 Å². The largest absolute Gasteiger partial charge is 0.347 e. The highest BCUT2D eigenvalue weighted by Gasteiger charge is 2.24. The monoisotopic (exact) mass is 391 g/mol. The van der Waals surface area contributed by atoms with Crippen LogP contribution in [0, 0.1) is 0 Å². The lowest BCUT2D eigenvalue weighted by atomic mass is 10.2. The summed E-state index contributed by atoms with van der Waals surface area (Å²) in [5, 5.41) is 5.69. The lowest BCUT2D eigenvalue weighted by Gasteiger charge is -2.17. The van der Waals surface area contributed by atoms with Crippen LogP contribution in [0.2, 0.25) is 0 Å². The van der Waals surface area contributed by atoms with Crippen LogP contribution in [0.5, 0.6) is 0 Å². The third-order valence-corrected chi connectivity index (χ3v) is 5.75. The molecule has 142 valence electrons. The Bertz CT molecular complexity index is 984. The van der Waals surface area contributed by atoms with Gasteiger partial charge in [0, 0.05) is 29.6 Å². The summed E-state index contributed by atoms with van der Waals surface area (Å²) in [6, 6.07) is 17.9. The maximum Gasteiger partial charge on any atom is 0.246 e. The van der Waals surface area contributed by atoms with E-state index in [1.807, 2.05) is 60.0 Å². The predicted octanol–water partition coefficient (Wildman–Crippen LogP) is 3.45. The zero-order valence-corrected chi connectivity index (χ0v) is 16.2. The highest BCUT2D eigenvalue weighted by molar-refractivity contribution is 7.13. The van der Waals surface area contributed by atoms with Crippen molar-refractivity contribution in [3.05, 3.63) is 71.2 Å². The van der Waals surface area contributed by atoms with Crippen LogP contribution in [0.15, 0.2) is 60.0 Å². The number of aryl methyl sites for hydroxylation is 1. The number of fused-ring (bicyclic) bond motifs is 1. The van der Waals surface area contributed by atoms with Gasteiger partial charge in [-0.1, -0.05) is 48.5 Å². The maximum absolute atomic E-state index is 12.4. The highest BCUT2D eigenvalue weighted by atomic mass is 32.1. The zero-order valence-electron chi connectivity index (χ0n) is 15.4. The van der Waals surface area contributed by atoms with Gasteiger partial charge in [0.25, 0.3) is 0 Å². The fraction of sp³-hybridized carbons (Fsp3) is 0.227. The average molecular weight is 391 g/mol. The molecule has 0 atom stereocenters. The summed E-state index contributed by atoms with van der Waals surface area (Å²) < 4.78 is 0.